The summed E-state index contributed by atoms with van der Waals surface area (Å²) in [6, 6.07) is 0. The standard InChI is InChI=1S/C10H11NO2S/c1-2-13-10(12)8-6-4-3-5-7(6)14-9(8)11/h3-5,9H,2,11H2,1H3/t9-/m0/s1. The molecule has 2 N–H and O–H groups in total. The molecule has 1 heterocycles. The highest BCUT2D eigenvalue weighted by molar-refractivity contribution is 8.04. The molecule has 1 aliphatic carbocycles. The van der Waals surface area contributed by atoms with Gasteiger partial charge < -0.3 is 10.5 Å². The highest BCUT2D eigenvalue weighted by Gasteiger charge is 2.32. The molecular formula is C10H11NO2S. The third-order valence-electron chi connectivity index (χ3n) is 2.10. The van der Waals surface area contributed by atoms with Gasteiger partial charge in [-0.15, -0.1) is 11.8 Å². The molecule has 3 nitrogen and oxygen atoms in total. The van der Waals surface area contributed by atoms with E-state index in [1.165, 1.54) is 11.8 Å². The fourth-order valence-electron chi connectivity index (χ4n) is 1.51. The second kappa shape index (κ2) is 3.63. The molecule has 0 aromatic carbocycles. The Balaban J connectivity index is 2.32. The molecule has 0 spiro atoms. The number of hydrogen-bond acceptors (Lipinski definition) is 4. The number of carbonyl (C=O) groups excluding carboxylic acids is 1. The van der Waals surface area contributed by atoms with Crippen LogP contribution < -0.4 is 5.73 Å². The summed E-state index contributed by atoms with van der Waals surface area (Å²) in [6.45, 7) is 2.17. The molecule has 14 heavy (non-hydrogen) atoms. The molecule has 2 rings (SSSR count). The molecule has 1 aliphatic heterocycles. The van der Waals surface area contributed by atoms with Crippen LogP contribution in [0, 0.1) is 0 Å². The van der Waals surface area contributed by atoms with Gasteiger partial charge in [0.05, 0.1) is 17.6 Å². The summed E-state index contributed by atoms with van der Waals surface area (Å²) in [5.74, 6) is -0.294. The van der Waals surface area contributed by atoms with Crippen LogP contribution >= 0.6 is 11.8 Å². The van der Waals surface area contributed by atoms with Crippen molar-refractivity contribution in [1.29, 1.82) is 0 Å². The molecule has 1 atom stereocenters. The van der Waals surface area contributed by atoms with Crippen molar-refractivity contribution in [1.82, 2.24) is 0 Å². The maximum Gasteiger partial charge on any atom is 0.337 e. The average molecular weight is 209 g/mol. The van der Waals surface area contributed by atoms with Crippen LogP contribution in [0.5, 0.6) is 0 Å². The predicted molar refractivity (Wildman–Crippen MR) is 56.4 cm³/mol. The fourth-order valence-corrected chi connectivity index (χ4v) is 2.59. The molecule has 0 unspecified atom stereocenters. The van der Waals surface area contributed by atoms with E-state index >= 15 is 0 Å². The molecule has 0 saturated heterocycles. The number of allylic oxidation sites excluding steroid dienone is 4. The highest BCUT2D eigenvalue weighted by Crippen LogP contribution is 2.43. The highest BCUT2D eigenvalue weighted by atomic mass is 32.2. The molecule has 2 aliphatic rings. The van der Waals surface area contributed by atoms with Crippen LogP contribution in [0.4, 0.5) is 0 Å². The van der Waals surface area contributed by atoms with Gasteiger partial charge in [0.15, 0.2) is 0 Å². The minimum Gasteiger partial charge on any atom is -0.463 e. The Morgan fingerprint density at radius 3 is 3.21 bits per heavy atom. The minimum absolute atomic E-state index is 0.278. The Hall–Kier alpha value is -1.00. The van der Waals surface area contributed by atoms with Crippen LogP contribution in [0.1, 0.15) is 6.92 Å². The van der Waals surface area contributed by atoms with Gasteiger partial charge in [0.1, 0.15) is 0 Å². The van der Waals surface area contributed by atoms with Gasteiger partial charge in [0, 0.05) is 10.5 Å². The average Bonchev–Trinajstić information content (AvgIpc) is 2.63. The molecule has 0 aromatic heterocycles. The quantitative estimate of drug-likeness (QED) is 0.697. The van der Waals surface area contributed by atoms with E-state index < -0.39 is 0 Å². The van der Waals surface area contributed by atoms with Crippen LogP contribution in [0.2, 0.25) is 0 Å². The SMILES string of the molecule is CCOC(=O)C1=C2C=CC=C2S[C@@H]1N. The fraction of sp³-hybridized carbons (Fsp3) is 0.300. The molecular weight excluding hydrogens is 198 g/mol. The monoisotopic (exact) mass is 209 g/mol. The molecule has 0 bridgehead atoms. The normalized spacial score (nSPS) is 23.9. The van der Waals surface area contributed by atoms with Crippen LogP contribution in [-0.4, -0.2) is 18.0 Å². The Kier molecular flexibility index (Phi) is 2.48. The van der Waals surface area contributed by atoms with Gasteiger partial charge >= 0.3 is 5.97 Å². The third kappa shape index (κ3) is 1.40. The zero-order valence-electron chi connectivity index (χ0n) is 7.82. The smallest absolute Gasteiger partial charge is 0.337 e. The first-order valence-corrected chi connectivity index (χ1v) is 5.34. The van der Waals surface area contributed by atoms with Crippen molar-refractivity contribution in [3.05, 3.63) is 34.3 Å². The topological polar surface area (TPSA) is 52.3 Å². The van der Waals surface area contributed by atoms with E-state index in [2.05, 4.69) is 0 Å². The van der Waals surface area contributed by atoms with Crippen LogP contribution in [0.3, 0.4) is 0 Å². The van der Waals surface area contributed by atoms with E-state index in [-0.39, 0.29) is 11.3 Å². The number of rotatable bonds is 2. The largest absolute Gasteiger partial charge is 0.463 e. The maximum atomic E-state index is 11.6. The van der Waals surface area contributed by atoms with Gasteiger partial charge in [-0.3, -0.25) is 0 Å². The van der Waals surface area contributed by atoms with Crippen LogP contribution in [-0.2, 0) is 9.53 Å². The summed E-state index contributed by atoms with van der Waals surface area (Å²) in [5, 5.41) is -0.278. The van der Waals surface area contributed by atoms with Crippen molar-refractivity contribution in [2.24, 2.45) is 5.73 Å². The summed E-state index contributed by atoms with van der Waals surface area (Å²) in [7, 11) is 0. The van der Waals surface area contributed by atoms with Crippen molar-refractivity contribution in [3.8, 4) is 0 Å². The van der Waals surface area contributed by atoms with Gasteiger partial charge in [-0.05, 0) is 13.0 Å². The van der Waals surface area contributed by atoms with Crippen molar-refractivity contribution in [2.45, 2.75) is 12.3 Å². The number of hydrogen-bond donors (Lipinski definition) is 1. The predicted octanol–water partition coefficient (Wildman–Crippen LogP) is 1.33. The Bertz CT molecular complexity index is 368. The lowest BCUT2D eigenvalue weighted by atomic mass is 10.1. The zero-order chi connectivity index (χ0) is 10.1. The number of esters is 1. The van der Waals surface area contributed by atoms with Crippen LogP contribution in [0.25, 0.3) is 0 Å². The lowest BCUT2D eigenvalue weighted by Gasteiger charge is -2.07. The number of thioether (sulfide) groups is 1. The molecule has 0 aromatic rings. The first-order chi connectivity index (χ1) is 6.74. The molecule has 4 heteroatoms. The van der Waals surface area contributed by atoms with E-state index in [0.717, 1.165) is 10.5 Å². The van der Waals surface area contributed by atoms with Crippen molar-refractivity contribution in [2.75, 3.05) is 6.61 Å². The van der Waals surface area contributed by atoms with Crippen molar-refractivity contribution < 1.29 is 9.53 Å². The first-order valence-electron chi connectivity index (χ1n) is 4.46. The van der Waals surface area contributed by atoms with Crippen molar-refractivity contribution >= 4 is 17.7 Å². The van der Waals surface area contributed by atoms with E-state index in [1.807, 2.05) is 18.2 Å². The Labute approximate surface area is 86.7 Å². The molecule has 0 amide bonds. The number of carbonyl (C=O) groups is 1. The lowest BCUT2D eigenvalue weighted by molar-refractivity contribution is -0.138. The van der Waals surface area contributed by atoms with E-state index in [9.17, 15) is 4.79 Å². The van der Waals surface area contributed by atoms with E-state index in [4.69, 9.17) is 10.5 Å². The van der Waals surface area contributed by atoms with Gasteiger partial charge in [-0.2, -0.15) is 0 Å². The summed E-state index contributed by atoms with van der Waals surface area (Å²) >= 11 is 1.50. The molecule has 0 fully saturated rings. The second-order valence-electron chi connectivity index (χ2n) is 2.98. The van der Waals surface area contributed by atoms with Gasteiger partial charge in [-0.1, -0.05) is 12.2 Å². The summed E-state index contributed by atoms with van der Waals surface area (Å²) in [5.41, 5.74) is 7.36. The van der Waals surface area contributed by atoms with Gasteiger partial charge in [0.25, 0.3) is 0 Å². The number of ether oxygens (including phenoxy) is 1. The van der Waals surface area contributed by atoms with Crippen LogP contribution in [0.15, 0.2) is 34.3 Å². The molecule has 0 radical (unpaired) electrons. The second-order valence-corrected chi connectivity index (χ2v) is 4.16. The summed E-state index contributed by atoms with van der Waals surface area (Å²) < 4.78 is 4.95. The Morgan fingerprint density at radius 1 is 1.71 bits per heavy atom. The van der Waals surface area contributed by atoms with E-state index in [0.29, 0.717) is 12.2 Å². The lowest BCUT2D eigenvalue weighted by Crippen LogP contribution is -2.23. The Morgan fingerprint density at radius 2 is 2.50 bits per heavy atom. The summed E-state index contributed by atoms with van der Waals surface area (Å²) in [4.78, 5) is 12.6. The molecule has 74 valence electrons. The third-order valence-corrected chi connectivity index (χ3v) is 3.20. The zero-order valence-corrected chi connectivity index (χ0v) is 8.64. The van der Waals surface area contributed by atoms with Gasteiger partial charge in [-0.25, -0.2) is 4.79 Å². The van der Waals surface area contributed by atoms with Gasteiger partial charge in [0.2, 0.25) is 0 Å². The molecule has 0 saturated carbocycles. The summed E-state index contributed by atoms with van der Waals surface area (Å²) in [6.07, 6.45) is 5.79. The first kappa shape index (κ1) is 9.55. The van der Waals surface area contributed by atoms with E-state index in [1.54, 1.807) is 6.92 Å². The minimum atomic E-state index is -0.294. The number of nitrogens with two attached hydrogens (primary N) is 1. The maximum absolute atomic E-state index is 11.6. The number of fused-ring (bicyclic) bond motifs is 1. The van der Waals surface area contributed by atoms with Crippen molar-refractivity contribution in [3.63, 3.8) is 0 Å².